The molecule has 1 aromatic heterocycles. The summed E-state index contributed by atoms with van der Waals surface area (Å²) < 4.78 is 0. The van der Waals surface area contributed by atoms with Gasteiger partial charge >= 0.3 is 0 Å². The number of thioether (sulfide) groups is 1. The van der Waals surface area contributed by atoms with Gasteiger partial charge in [0.05, 0.1) is 6.54 Å². The highest BCUT2D eigenvalue weighted by molar-refractivity contribution is 7.98. The van der Waals surface area contributed by atoms with Crippen molar-refractivity contribution in [1.29, 1.82) is 0 Å². The van der Waals surface area contributed by atoms with Crippen LogP contribution in [0.4, 0.5) is 5.95 Å². The lowest BCUT2D eigenvalue weighted by atomic mass is 10.1. The summed E-state index contributed by atoms with van der Waals surface area (Å²) in [6.07, 6.45) is 1.93. The summed E-state index contributed by atoms with van der Waals surface area (Å²) in [7, 11) is 0. The van der Waals surface area contributed by atoms with Gasteiger partial charge in [-0.3, -0.25) is 4.90 Å². The van der Waals surface area contributed by atoms with E-state index in [2.05, 4.69) is 68.4 Å². The van der Waals surface area contributed by atoms with E-state index in [1.807, 2.05) is 18.4 Å². The first-order valence-corrected chi connectivity index (χ1v) is 9.30. The second kappa shape index (κ2) is 8.60. The van der Waals surface area contributed by atoms with Crippen molar-refractivity contribution >= 4 is 17.7 Å². The lowest BCUT2D eigenvalue weighted by molar-refractivity contribution is 0.240. The molecule has 3 rings (SSSR count). The van der Waals surface area contributed by atoms with Crippen molar-refractivity contribution in [1.82, 2.24) is 19.9 Å². The zero-order chi connectivity index (χ0) is 17.5. The minimum Gasteiger partial charge on any atom is -0.368 e. The van der Waals surface area contributed by atoms with Crippen LogP contribution in [0, 0.1) is 0 Å². The first-order valence-electron chi connectivity index (χ1n) is 8.07. The van der Waals surface area contributed by atoms with Crippen LogP contribution in [0.15, 0.2) is 65.8 Å². The summed E-state index contributed by atoms with van der Waals surface area (Å²) in [6, 6.07) is 20.8. The van der Waals surface area contributed by atoms with Crippen LogP contribution in [0.1, 0.15) is 17.0 Å². The third-order valence-electron chi connectivity index (χ3n) is 3.72. The molecule has 0 aliphatic heterocycles. The van der Waals surface area contributed by atoms with Gasteiger partial charge < -0.3 is 5.73 Å². The molecule has 0 unspecified atom stereocenters. The average molecular weight is 351 g/mol. The Morgan fingerprint density at radius 2 is 1.36 bits per heavy atom. The van der Waals surface area contributed by atoms with Crippen LogP contribution in [0.2, 0.25) is 0 Å². The van der Waals surface area contributed by atoms with Crippen molar-refractivity contribution in [2.75, 3.05) is 12.0 Å². The molecule has 0 bridgehead atoms. The summed E-state index contributed by atoms with van der Waals surface area (Å²) in [5.74, 6) is 0.970. The predicted octanol–water partition coefficient (Wildman–Crippen LogP) is 3.38. The predicted molar refractivity (Wildman–Crippen MR) is 102 cm³/mol. The maximum absolute atomic E-state index is 5.82. The highest BCUT2D eigenvalue weighted by Gasteiger charge is 2.12. The molecule has 0 spiro atoms. The van der Waals surface area contributed by atoms with Gasteiger partial charge in [0.15, 0.2) is 5.16 Å². The van der Waals surface area contributed by atoms with Gasteiger partial charge in [-0.15, -0.1) is 0 Å². The van der Waals surface area contributed by atoms with Gasteiger partial charge in [0.2, 0.25) is 5.95 Å². The smallest absolute Gasteiger partial charge is 0.224 e. The summed E-state index contributed by atoms with van der Waals surface area (Å²) in [5, 5.41) is 0.655. The van der Waals surface area contributed by atoms with Gasteiger partial charge in [0, 0.05) is 13.1 Å². The van der Waals surface area contributed by atoms with E-state index >= 15 is 0 Å². The molecule has 128 valence electrons. The Kier molecular flexibility index (Phi) is 5.98. The quantitative estimate of drug-likeness (QED) is 0.658. The highest BCUT2D eigenvalue weighted by Crippen LogP contribution is 2.15. The zero-order valence-electron chi connectivity index (χ0n) is 14.2. The number of hydrogen-bond donors (Lipinski definition) is 1. The van der Waals surface area contributed by atoms with Crippen LogP contribution in [0.3, 0.4) is 0 Å². The minimum absolute atomic E-state index is 0.272. The van der Waals surface area contributed by atoms with Crippen LogP contribution in [-0.2, 0) is 19.6 Å². The molecular weight excluding hydrogens is 330 g/mol. The van der Waals surface area contributed by atoms with E-state index in [4.69, 9.17) is 5.73 Å². The molecule has 1 heterocycles. The second-order valence-corrected chi connectivity index (χ2v) is 6.49. The van der Waals surface area contributed by atoms with Gasteiger partial charge in [-0.2, -0.15) is 9.97 Å². The highest BCUT2D eigenvalue weighted by atomic mass is 32.2. The molecule has 0 fully saturated rings. The van der Waals surface area contributed by atoms with Crippen molar-refractivity contribution in [3.8, 4) is 0 Å². The van der Waals surface area contributed by atoms with E-state index in [0.717, 1.165) is 13.1 Å². The fraction of sp³-hybridized carbons (Fsp3) is 0.211. The Morgan fingerprint density at radius 3 is 1.88 bits per heavy atom. The SMILES string of the molecule is CSc1nc(N)nc(CN(Cc2ccccc2)Cc2ccccc2)n1. The van der Waals surface area contributed by atoms with Crippen LogP contribution in [0.5, 0.6) is 0 Å². The fourth-order valence-corrected chi connectivity index (χ4v) is 3.01. The van der Waals surface area contributed by atoms with Crippen LogP contribution >= 0.6 is 11.8 Å². The van der Waals surface area contributed by atoms with Gasteiger partial charge in [-0.1, -0.05) is 72.4 Å². The van der Waals surface area contributed by atoms with Crippen molar-refractivity contribution in [3.05, 3.63) is 77.6 Å². The maximum Gasteiger partial charge on any atom is 0.224 e. The van der Waals surface area contributed by atoms with E-state index < -0.39 is 0 Å². The standard InChI is InChI=1S/C19H21N5S/c1-25-19-22-17(21-18(20)23-19)14-24(12-15-8-4-2-5-9-15)13-16-10-6-3-7-11-16/h2-11H,12-14H2,1H3,(H2,20,21,22,23). The normalized spacial score (nSPS) is 11.0. The molecule has 0 aliphatic rings. The van der Waals surface area contributed by atoms with Gasteiger partial charge in [0.25, 0.3) is 0 Å². The molecule has 6 heteroatoms. The molecule has 0 saturated heterocycles. The molecule has 5 nitrogen and oxygen atoms in total. The number of aromatic nitrogens is 3. The molecule has 0 saturated carbocycles. The maximum atomic E-state index is 5.82. The number of rotatable bonds is 7. The second-order valence-electron chi connectivity index (χ2n) is 5.71. The summed E-state index contributed by atoms with van der Waals surface area (Å²) in [4.78, 5) is 15.2. The Bertz CT molecular complexity index is 754. The average Bonchev–Trinajstić information content (AvgIpc) is 2.63. The van der Waals surface area contributed by atoms with Crippen LogP contribution in [-0.4, -0.2) is 26.1 Å². The summed E-state index contributed by atoms with van der Waals surface area (Å²) >= 11 is 1.47. The molecule has 2 N–H and O–H groups in total. The molecule has 0 atom stereocenters. The van der Waals surface area contributed by atoms with Crippen molar-refractivity contribution in [2.45, 2.75) is 24.8 Å². The number of nitrogen functional groups attached to an aromatic ring is 1. The number of nitrogens with two attached hydrogens (primary N) is 1. The Morgan fingerprint density at radius 1 is 0.800 bits per heavy atom. The van der Waals surface area contributed by atoms with Crippen LogP contribution < -0.4 is 5.73 Å². The van der Waals surface area contributed by atoms with Crippen molar-refractivity contribution in [3.63, 3.8) is 0 Å². The lowest BCUT2D eigenvalue weighted by Crippen LogP contribution is -2.24. The molecule has 3 aromatic rings. The van der Waals surface area contributed by atoms with Crippen molar-refractivity contribution < 1.29 is 0 Å². The van der Waals surface area contributed by atoms with E-state index in [1.54, 1.807) is 0 Å². The molecular formula is C19H21N5S. The Hall–Kier alpha value is -2.44. The molecule has 0 aliphatic carbocycles. The number of nitrogens with zero attached hydrogens (tertiary/aromatic N) is 4. The molecule has 25 heavy (non-hydrogen) atoms. The van der Waals surface area contributed by atoms with Gasteiger partial charge in [0.1, 0.15) is 5.82 Å². The summed E-state index contributed by atoms with van der Waals surface area (Å²) in [6.45, 7) is 2.25. The molecule has 0 amide bonds. The van der Waals surface area contributed by atoms with E-state index in [1.165, 1.54) is 22.9 Å². The van der Waals surface area contributed by atoms with Crippen molar-refractivity contribution in [2.24, 2.45) is 0 Å². The Balaban J connectivity index is 1.81. The molecule has 0 radical (unpaired) electrons. The summed E-state index contributed by atoms with van der Waals surface area (Å²) in [5.41, 5.74) is 8.33. The number of hydrogen-bond acceptors (Lipinski definition) is 6. The first-order chi connectivity index (χ1) is 12.2. The topological polar surface area (TPSA) is 67.9 Å². The van der Waals surface area contributed by atoms with E-state index in [9.17, 15) is 0 Å². The third kappa shape index (κ3) is 5.27. The van der Waals surface area contributed by atoms with Gasteiger partial charge in [-0.05, 0) is 17.4 Å². The molecule has 2 aromatic carbocycles. The number of anilines is 1. The monoisotopic (exact) mass is 351 g/mol. The van der Waals surface area contributed by atoms with E-state index in [0.29, 0.717) is 17.5 Å². The minimum atomic E-state index is 0.272. The van der Waals surface area contributed by atoms with E-state index in [-0.39, 0.29) is 5.95 Å². The first kappa shape index (κ1) is 17.4. The van der Waals surface area contributed by atoms with Gasteiger partial charge in [-0.25, -0.2) is 4.98 Å². The fourth-order valence-electron chi connectivity index (χ4n) is 2.63. The van der Waals surface area contributed by atoms with Crippen LogP contribution in [0.25, 0.3) is 0 Å². The third-order valence-corrected chi connectivity index (χ3v) is 4.27. The number of benzene rings is 2. The lowest BCUT2D eigenvalue weighted by Gasteiger charge is -2.22. The zero-order valence-corrected chi connectivity index (χ0v) is 15.0. The Labute approximate surface area is 152 Å². The largest absolute Gasteiger partial charge is 0.368 e.